The number of para-hydroxylation sites is 1. The lowest BCUT2D eigenvalue weighted by Crippen LogP contribution is -1.95. The van der Waals surface area contributed by atoms with Crippen LogP contribution in [-0.2, 0) is 0 Å². The van der Waals surface area contributed by atoms with Gasteiger partial charge in [-0.15, -0.1) is 5.10 Å². The van der Waals surface area contributed by atoms with Crippen LogP contribution in [0.3, 0.4) is 0 Å². The molecule has 0 spiro atoms. The van der Waals surface area contributed by atoms with Crippen LogP contribution in [0.25, 0.3) is 16.6 Å². The molecule has 0 amide bonds. The van der Waals surface area contributed by atoms with Crippen LogP contribution in [0.15, 0.2) is 35.5 Å². The summed E-state index contributed by atoms with van der Waals surface area (Å²) < 4.78 is 1.62. The fourth-order valence-corrected chi connectivity index (χ4v) is 1.72. The third-order valence-electron chi connectivity index (χ3n) is 2.40. The van der Waals surface area contributed by atoms with Gasteiger partial charge in [0.2, 0.25) is 0 Å². The average Bonchev–Trinajstić information content (AvgIpc) is 2.79. The molecule has 0 bridgehead atoms. The van der Waals surface area contributed by atoms with Gasteiger partial charge in [-0.3, -0.25) is 0 Å². The highest BCUT2D eigenvalue weighted by Gasteiger charge is 2.07. The van der Waals surface area contributed by atoms with E-state index in [4.69, 9.17) is 5.21 Å². The summed E-state index contributed by atoms with van der Waals surface area (Å²) in [6.07, 6.45) is 1.32. The minimum Gasteiger partial charge on any atom is -0.411 e. The van der Waals surface area contributed by atoms with Gasteiger partial charge in [-0.2, -0.15) is 4.52 Å². The van der Waals surface area contributed by atoms with Crippen molar-refractivity contribution in [1.82, 2.24) is 20.0 Å². The van der Waals surface area contributed by atoms with Gasteiger partial charge in [-0.25, -0.2) is 0 Å². The first-order chi connectivity index (χ1) is 7.90. The van der Waals surface area contributed by atoms with E-state index >= 15 is 0 Å². The van der Waals surface area contributed by atoms with Crippen LogP contribution in [-0.4, -0.2) is 31.5 Å². The zero-order chi connectivity index (χ0) is 11.0. The van der Waals surface area contributed by atoms with Crippen LogP contribution in [0, 0.1) is 0 Å². The molecule has 3 rings (SSSR count). The number of hydrogen-bond acceptors (Lipinski definition) is 5. The van der Waals surface area contributed by atoms with E-state index in [1.807, 2.05) is 30.3 Å². The molecule has 6 nitrogen and oxygen atoms in total. The van der Waals surface area contributed by atoms with Crippen LogP contribution in [0.4, 0.5) is 0 Å². The van der Waals surface area contributed by atoms with Crippen LogP contribution >= 0.6 is 0 Å². The number of hydrogen-bond donors (Lipinski definition) is 1. The monoisotopic (exact) mass is 213 g/mol. The predicted molar refractivity (Wildman–Crippen MR) is 57.7 cm³/mol. The van der Waals surface area contributed by atoms with Crippen LogP contribution in [0.5, 0.6) is 0 Å². The maximum absolute atomic E-state index is 8.58. The number of fused-ring (bicyclic) bond motifs is 3. The lowest BCUT2D eigenvalue weighted by atomic mass is 10.1. The highest BCUT2D eigenvalue weighted by molar-refractivity contribution is 5.94. The van der Waals surface area contributed by atoms with Gasteiger partial charge in [-0.05, 0) is 22.6 Å². The maximum Gasteiger partial charge on any atom is 0.188 e. The molecule has 2 heterocycles. The predicted octanol–water partition coefficient (Wildman–Crippen LogP) is 1.09. The molecular formula is C10H7N5O. The summed E-state index contributed by atoms with van der Waals surface area (Å²) in [5.74, 6) is 0. The summed E-state index contributed by atoms with van der Waals surface area (Å²) in [6.45, 7) is 0. The molecule has 0 atom stereocenters. The van der Waals surface area contributed by atoms with Crippen LogP contribution < -0.4 is 0 Å². The van der Waals surface area contributed by atoms with Gasteiger partial charge in [0.1, 0.15) is 0 Å². The van der Waals surface area contributed by atoms with Crippen molar-refractivity contribution in [3.05, 3.63) is 35.9 Å². The number of benzene rings is 1. The third-order valence-corrected chi connectivity index (χ3v) is 2.40. The molecule has 78 valence electrons. The summed E-state index contributed by atoms with van der Waals surface area (Å²) in [6, 6.07) is 9.60. The number of rotatable bonds is 1. The molecule has 0 aliphatic heterocycles. The fraction of sp³-hybridized carbons (Fsp3) is 0. The van der Waals surface area contributed by atoms with Crippen LogP contribution in [0.2, 0.25) is 0 Å². The molecule has 0 unspecified atom stereocenters. The smallest absolute Gasteiger partial charge is 0.188 e. The summed E-state index contributed by atoms with van der Waals surface area (Å²) >= 11 is 0. The first kappa shape index (κ1) is 8.78. The van der Waals surface area contributed by atoms with E-state index in [0.717, 1.165) is 10.9 Å². The maximum atomic E-state index is 8.58. The zero-order valence-electron chi connectivity index (χ0n) is 8.15. The molecule has 16 heavy (non-hydrogen) atoms. The first-order valence-electron chi connectivity index (χ1n) is 4.67. The van der Waals surface area contributed by atoms with Crippen molar-refractivity contribution in [2.24, 2.45) is 5.16 Å². The van der Waals surface area contributed by atoms with Crippen molar-refractivity contribution < 1.29 is 5.21 Å². The SMILES string of the molecule is ON=Cc1cc2ccccc2n2nnnc12. The number of pyridine rings is 1. The van der Waals surface area contributed by atoms with Gasteiger partial charge >= 0.3 is 0 Å². The van der Waals surface area contributed by atoms with Crippen molar-refractivity contribution >= 4 is 22.8 Å². The van der Waals surface area contributed by atoms with E-state index in [1.165, 1.54) is 6.21 Å². The molecular weight excluding hydrogens is 206 g/mol. The van der Waals surface area contributed by atoms with Gasteiger partial charge in [-0.1, -0.05) is 23.4 Å². The molecule has 0 saturated carbocycles. The molecule has 1 aromatic carbocycles. The van der Waals surface area contributed by atoms with Crippen molar-refractivity contribution in [2.75, 3.05) is 0 Å². The van der Waals surface area contributed by atoms with E-state index in [-0.39, 0.29) is 0 Å². The Morgan fingerprint density at radius 3 is 3.06 bits per heavy atom. The number of aromatic nitrogens is 4. The van der Waals surface area contributed by atoms with Gasteiger partial charge < -0.3 is 5.21 Å². The van der Waals surface area contributed by atoms with E-state index in [2.05, 4.69) is 20.7 Å². The van der Waals surface area contributed by atoms with Gasteiger partial charge in [0.05, 0.1) is 11.7 Å². The largest absolute Gasteiger partial charge is 0.411 e. The molecule has 3 aromatic rings. The Bertz CT molecular complexity index is 688. The Labute approximate surface area is 89.8 Å². The van der Waals surface area contributed by atoms with E-state index in [1.54, 1.807) is 4.52 Å². The molecule has 2 aromatic heterocycles. The Morgan fingerprint density at radius 1 is 1.31 bits per heavy atom. The molecule has 0 saturated heterocycles. The highest BCUT2D eigenvalue weighted by Crippen LogP contribution is 2.17. The van der Waals surface area contributed by atoms with Crippen molar-refractivity contribution in [2.45, 2.75) is 0 Å². The van der Waals surface area contributed by atoms with Gasteiger partial charge in [0, 0.05) is 10.9 Å². The zero-order valence-corrected chi connectivity index (χ0v) is 8.15. The van der Waals surface area contributed by atoms with Crippen molar-refractivity contribution in [3.8, 4) is 0 Å². The lowest BCUT2D eigenvalue weighted by Gasteiger charge is -2.01. The second-order valence-electron chi connectivity index (χ2n) is 3.32. The van der Waals surface area contributed by atoms with Crippen LogP contribution in [0.1, 0.15) is 5.56 Å². The first-order valence-corrected chi connectivity index (χ1v) is 4.67. The quantitative estimate of drug-likeness (QED) is 0.373. The topological polar surface area (TPSA) is 75.7 Å². The Morgan fingerprint density at radius 2 is 2.19 bits per heavy atom. The Hall–Kier alpha value is -2.50. The lowest BCUT2D eigenvalue weighted by molar-refractivity contribution is 0.322. The average molecular weight is 213 g/mol. The van der Waals surface area contributed by atoms with Gasteiger partial charge in [0.15, 0.2) is 5.65 Å². The number of oxime groups is 1. The fourth-order valence-electron chi connectivity index (χ4n) is 1.72. The van der Waals surface area contributed by atoms with E-state index in [0.29, 0.717) is 11.2 Å². The summed E-state index contributed by atoms with van der Waals surface area (Å²) in [5, 5.41) is 24.0. The normalized spacial score (nSPS) is 11.8. The van der Waals surface area contributed by atoms with E-state index < -0.39 is 0 Å². The minimum atomic E-state index is 0.566. The Balaban J connectivity index is 2.53. The van der Waals surface area contributed by atoms with Crippen molar-refractivity contribution in [1.29, 1.82) is 0 Å². The number of tetrazole rings is 1. The van der Waals surface area contributed by atoms with E-state index in [9.17, 15) is 0 Å². The standard InChI is InChI=1S/C10H7N5O/c16-11-6-8-5-7-3-1-2-4-9(7)15-10(8)12-13-14-15/h1-6,16H. The third kappa shape index (κ3) is 1.13. The second-order valence-corrected chi connectivity index (χ2v) is 3.32. The summed E-state index contributed by atoms with van der Waals surface area (Å²) in [4.78, 5) is 0. The molecule has 0 aliphatic rings. The number of nitrogens with zero attached hydrogens (tertiary/aromatic N) is 5. The highest BCUT2D eigenvalue weighted by atomic mass is 16.4. The van der Waals surface area contributed by atoms with Gasteiger partial charge in [0.25, 0.3) is 0 Å². The molecule has 0 aliphatic carbocycles. The summed E-state index contributed by atoms with van der Waals surface area (Å²) in [5.41, 5.74) is 2.15. The molecule has 0 radical (unpaired) electrons. The van der Waals surface area contributed by atoms with Crippen molar-refractivity contribution in [3.63, 3.8) is 0 Å². The Kier molecular flexibility index (Phi) is 1.79. The second kappa shape index (κ2) is 3.27. The summed E-state index contributed by atoms with van der Waals surface area (Å²) in [7, 11) is 0. The minimum absolute atomic E-state index is 0.566. The molecule has 1 N–H and O–H groups in total. The molecule has 0 fully saturated rings. The molecule has 6 heteroatoms.